The topological polar surface area (TPSA) is 32.3 Å². The lowest BCUT2D eigenvalue weighted by atomic mass is 10.1. The highest BCUT2D eigenvalue weighted by Gasteiger charge is 2.11. The van der Waals surface area contributed by atoms with E-state index in [0.717, 1.165) is 6.42 Å². The molecule has 1 amide bonds. The van der Waals surface area contributed by atoms with E-state index >= 15 is 0 Å². The van der Waals surface area contributed by atoms with Crippen LogP contribution in [0, 0.1) is 0 Å². The quantitative estimate of drug-likeness (QED) is 0.918. The molecule has 0 saturated carbocycles. The van der Waals surface area contributed by atoms with E-state index in [1.54, 1.807) is 0 Å². The van der Waals surface area contributed by atoms with Crippen molar-refractivity contribution in [1.29, 1.82) is 0 Å². The normalized spacial score (nSPS) is 14.1. The molecule has 1 heterocycles. The molecule has 0 radical (unpaired) electrons. The van der Waals surface area contributed by atoms with Crippen molar-refractivity contribution in [3.63, 3.8) is 0 Å². The average molecular weight is 294 g/mol. The third kappa shape index (κ3) is 3.67. The first kappa shape index (κ1) is 14.6. The molecule has 3 rings (SSSR count). The summed E-state index contributed by atoms with van der Waals surface area (Å²) in [6, 6.07) is 18.1. The van der Waals surface area contributed by atoms with Crippen molar-refractivity contribution in [2.75, 3.05) is 24.5 Å². The van der Waals surface area contributed by atoms with Crippen LogP contribution in [0.2, 0.25) is 0 Å². The van der Waals surface area contributed by atoms with Gasteiger partial charge < -0.3 is 10.2 Å². The van der Waals surface area contributed by atoms with Crippen LogP contribution < -0.4 is 10.2 Å². The van der Waals surface area contributed by atoms with Crippen molar-refractivity contribution in [3.8, 4) is 0 Å². The van der Waals surface area contributed by atoms with Crippen LogP contribution in [0.25, 0.3) is 0 Å². The Morgan fingerprint density at radius 2 is 1.64 bits per heavy atom. The Morgan fingerprint density at radius 1 is 0.955 bits per heavy atom. The number of nitrogens with one attached hydrogen (secondary N) is 1. The van der Waals surface area contributed by atoms with Gasteiger partial charge in [0.15, 0.2) is 0 Å². The third-order valence-electron chi connectivity index (χ3n) is 4.14. The zero-order valence-corrected chi connectivity index (χ0v) is 12.8. The number of nitrogens with zero attached hydrogens (tertiary/aromatic N) is 1. The molecule has 2 aromatic rings. The summed E-state index contributed by atoms with van der Waals surface area (Å²) < 4.78 is 0. The lowest BCUT2D eigenvalue weighted by Crippen LogP contribution is -2.25. The molecule has 0 aromatic heterocycles. The molecule has 1 fully saturated rings. The Morgan fingerprint density at radius 3 is 2.32 bits per heavy atom. The predicted molar refractivity (Wildman–Crippen MR) is 90.4 cm³/mol. The van der Waals surface area contributed by atoms with Gasteiger partial charge in [-0.3, -0.25) is 4.79 Å². The molecule has 1 N–H and O–H groups in total. The smallest absolute Gasteiger partial charge is 0.251 e. The first-order valence-electron chi connectivity index (χ1n) is 8.00. The molecule has 1 aliphatic rings. The van der Waals surface area contributed by atoms with E-state index in [9.17, 15) is 4.79 Å². The maximum absolute atomic E-state index is 11.9. The number of amides is 1. The standard InChI is InChI=1S/C19H22N2O/c22-19(17-6-2-1-3-7-17)20-13-12-16-8-10-18(11-9-16)21-14-4-5-15-21/h1-3,6-11H,4-5,12-15H2,(H,20,22). The Balaban J connectivity index is 1.48. The van der Waals surface area contributed by atoms with Gasteiger partial charge in [0.2, 0.25) is 0 Å². The van der Waals surface area contributed by atoms with Crippen molar-refractivity contribution in [2.24, 2.45) is 0 Å². The maximum atomic E-state index is 11.9. The molecule has 1 aliphatic heterocycles. The number of rotatable bonds is 5. The van der Waals surface area contributed by atoms with Crippen molar-refractivity contribution < 1.29 is 4.79 Å². The van der Waals surface area contributed by atoms with Crippen molar-refractivity contribution in [3.05, 3.63) is 65.7 Å². The summed E-state index contributed by atoms with van der Waals surface area (Å²) in [6.45, 7) is 3.01. The number of carbonyl (C=O) groups excluding carboxylic acids is 1. The predicted octanol–water partition coefficient (Wildman–Crippen LogP) is 3.26. The van der Waals surface area contributed by atoms with Gasteiger partial charge in [-0.25, -0.2) is 0 Å². The SMILES string of the molecule is O=C(NCCc1ccc(N2CCCC2)cc1)c1ccccc1. The van der Waals surface area contributed by atoms with Gasteiger partial charge in [-0.2, -0.15) is 0 Å². The number of anilines is 1. The van der Waals surface area contributed by atoms with Gasteiger partial charge in [0, 0.05) is 30.9 Å². The lowest BCUT2D eigenvalue weighted by Gasteiger charge is -2.17. The van der Waals surface area contributed by atoms with Gasteiger partial charge in [0.05, 0.1) is 0 Å². The second kappa shape index (κ2) is 7.12. The summed E-state index contributed by atoms with van der Waals surface area (Å²) in [5.74, 6) is -0.00529. The number of hydrogen-bond donors (Lipinski definition) is 1. The molecule has 0 spiro atoms. The van der Waals surface area contributed by atoms with Gasteiger partial charge in [-0.15, -0.1) is 0 Å². The first-order chi connectivity index (χ1) is 10.8. The van der Waals surface area contributed by atoms with Crippen LogP contribution in [-0.2, 0) is 6.42 Å². The molecule has 0 aliphatic carbocycles. The first-order valence-corrected chi connectivity index (χ1v) is 8.00. The Kier molecular flexibility index (Phi) is 4.74. The molecule has 114 valence electrons. The van der Waals surface area contributed by atoms with Gasteiger partial charge in [0.1, 0.15) is 0 Å². The minimum Gasteiger partial charge on any atom is -0.372 e. The monoisotopic (exact) mass is 294 g/mol. The largest absolute Gasteiger partial charge is 0.372 e. The zero-order valence-electron chi connectivity index (χ0n) is 12.8. The second-order valence-electron chi connectivity index (χ2n) is 5.73. The summed E-state index contributed by atoms with van der Waals surface area (Å²) in [5, 5.41) is 2.97. The highest BCUT2D eigenvalue weighted by atomic mass is 16.1. The second-order valence-corrected chi connectivity index (χ2v) is 5.73. The fourth-order valence-electron chi connectivity index (χ4n) is 2.86. The summed E-state index contributed by atoms with van der Waals surface area (Å²) in [4.78, 5) is 14.4. The van der Waals surface area contributed by atoms with Gasteiger partial charge in [-0.1, -0.05) is 30.3 Å². The van der Waals surface area contributed by atoms with Gasteiger partial charge in [-0.05, 0) is 49.1 Å². The molecule has 1 saturated heterocycles. The highest BCUT2D eigenvalue weighted by Crippen LogP contribution is 2.20. The lowest BCUT2D eigenvalue weighted by molar-refractivity contribution is 0.0954. The average Bonchev–Trinajstić information content (AvgIpc) is 3.11. The van der Waals surface area contributed by atoms with Crippen LogP contribution in [0.4, 0.5) is 5.69 Å². The fraction of sp³-hybridized carbons (Fsp3) is 0.316. The van der Waals surface area contributed by atoms with Crippen LogP contribution in [0.5, 0.6) is 0 Å². The highest BCUT2D eigenvalue weighted by molar-refractivity contribution is 5.94. The van der Waals surface area contributed by atoms with E-state index in [0.29, 0.717) is 12.1 Å². The Bertz CT molecular complexity index is 601. The van der Waals surface area contributed by atoms with Crippen molar-refractivity contribution in [1.82, 2.24) is 5.32 Å². The Labute approximate surface area is 132 Å². The minimum atomic E-state index is -0.00529. The molecule has 22 heavy (non-hydrogen) atoms. The van der Waals surface area contributed by atoms with E-state index < -0.39 is 0 Å². The number of carbonyl (C=O) groups is 1. The maximum Gasteiger partial charge on any atom is 0.251 e. The molecular formula is C19H22N2O. The van der Waals surface area contributed by atoms with Gasteiger partial charge in [0.25, 0.3) is 5.91 Å². The summed E-state index contributed by atoms with van der Waals surface area (Å²) >= 11 is 0. The van der Waals surface area contributed by atoms with Crippen molar-refractivity contribution in [2.45, 2.75) is 19.3 Å². The van der Waals surface area contributed by atoms with Crippen molar-refractivity contribution >= 4 is 11.6 Å². The molecule has 3 heteroatoms. The van der Waals surface area contributed by atoms with E-state index in [1.165, 1.54) is 37.2 Å². The molecule has 0 atom stereocenters. The number of benzene rings is 2. The minimum absolute atomic E-state index is 0.00529. The zero-order chi connectivity index (χ0) is 15.2. The van der Waals surface area contributed by atoms with E-state index in [4.69, 9.17) is 0 Å². The van der Waals surface area contributed by atoms with E-state index in [1.807, 2.05) is 30.3 Å². The molecule has 2 aromatic carbocycles. The van der Waals surface area contributed by atoms with Crippen LogP contribution in [-0.4, -0.2) is 25.5 Å². The van der Waals surface area contributed by atoms with Crippen LogP contribution in [0.3, 0.4) is 0 Å². The molecule has 3 nitrogen and oxygen atoms in total. The molecule has 0 bridgehead atoms. The summed E-state index contributed by atoms with van der Waals surface area (Å²) in [6.07, 6.45) is 3.46. The summed E-state index contributed by atoms with van der Waals surface area (Å²) in [5.41, 5.74) is 3.29. The Hall–Kier alpha value is -2.29. The molecule has 0 unspecified atom stereocenters. The summed E-state index contributed by atoms with van der Waals surface area (Å²) in [7, 11) is 0. The van der Waals surface area contributed by atoms with Gasteiger partial charge >= 0.3 is 0 Å². The fourth-order valence-corrected chi connectivity index (χ4v) is 2.86. The van der Waals surface area contributed by atoms with Crippen LogP contribution >= 0.6 is 0 Å². The molecular weight excluding hydrogens is 272 g/mol. The van der Waals surface area contributed by atoms with Crippen LogP contribution in [0.1, 0.15) is 28.8 Å². The third-order valence-corrected chi connectivity index (χ3v) is 4.14. The van der Waals surface area contributed by atoms with Crippen LogP contribution in [0.15, 0.2) is 54.6 Å². The van der Waals surface area contributed by atoms with E-state index in [2.05, 4.69) is 34.5 Å². The van der Waals surface area contributed by atoms with E-state index in [-0.39, 0.29) is 5.91 Å². The number of hydrogen-bond acceptors (Lipinski definition) is 2.